The predicted molar refractivity (Wildman–Crippen MR) is 118 cm³/mol. The van der Waals surface area contributed by atoms with E-state index in [1.807, 2.05) is 26.0 Å². The van der Waals surface area contributed by atoms with E-state index < -0.39 is 30.4 Å². The first kappa shape index (κ1) is 23.0. The summed E-state index contributed by atoms with van der Waals surface area (Å²) in [4.78, 5) is 50.1. The average molecular weight is 438 g/mol. The lowest BCUT2D eigenvalue weighted by atomic mass is 10.1. The molecule has 0 radical (unpaired) electrons. The monoisotopic (exact) mass is 438 g/mol. The molecule has 0 unspecified atom stereocenters. The van der Waals surface area contributed by atoms with E-state index in [4.69, 9.17) is 9.47 Å². The number of benzene rings is 2. The van der Waals surface area contributed by atoms with Crippen LogP contribution in [-0.4, -0.2) is 43.5 Å². The molecule has 0 saturated carbocycles. The zero-order valence-electron chi connectivity index (χ0n) is 18.3. The third kappa shape index (κ3) is 5.51. The standard InChI is InChI=1S/C24H26N2O6/c1-4-31-23(29)17-6-9-20(10-7-17)26-13-18(12-22(26)28)24(30)32-14-21(27)25-19-8-5-15(2)16(3)11-19/h5-11,18H,4,12-14H2,1-3H3,(H,25,27)/t18-/m1/s1. The molecule has 8 heteroatoms. The van der Waals surface area contributed by atoms with Crippen LogP contribution in [0.4, 0.5) is 11.4 Å². The van der Waals surface area contributed by atoms with Crippen LogP contribution >= 0.6 is 0 Å². The minimum Gasteiger partial charge on any atom is -0.462 e. The van der Waals surface area contributed by atoms with Crippen LogP contribution in [0.5, 0.6) is 0 Å². The molecule has 2 aromatic rings. The fraction of sp³-hybridized carbons (Fsp3) is 0.333. The fourth-order valence-corrected chi connectivity index (χ4v) is 3.38. The van der Waals surface area contributed by atoms with Gasteiger partial charge < -0.3 is 19.7 Å². The molecular formula is C24H26N2O6. The average Bonchev–Trinajstić information content (AvgIpc) is 3.16. The van der Waals surface area contributed by atoms with Gasteiger partial charge in [0, 0.05) is 24.3 Å². The van der Waals surface area contributed by atoms with Gasteiger partial charge in [-0.1, -0.05) is 6.07 Å². The number of ether oxygens (including phenoxy) is 2. The molecule has 32 heavy (non-hydrogen) atoms. The molecule has 168 valence electrons. The minimum atomic E-state index is -0.665. The van der Waals surface area contributed by atoms with Gasteiger partial charge in [-0.2, -0.15) is 0 Å². The van der Waals surface area contributed by atoms with Gasteiger partial charge in [0.05, 0.1) is 18.1 Å². The van der Waals surface area contributed by atoms with Gasteiger partial charge in [0.15, 0.2) is 6.61 Å². The van der Waals surface area contributed by atoms with Crippen molar-refractivity contribution in [2.24, 2.45) is 5.92 Å². The Morgan fingerprint density at radius 3 is 2.41 bits per heavy atom. The van der Waals surface area contributed by atoms with Gasteiger partial charge in [-0.25, -0.2) is 4.79 Å². The van der Waals surface area contributed by atoms with Crippen molar-refractivity contribution >= 4 is 35.1 Å². The minimum absolute atomic E-state index is 0.00274. The van der Waals surface area contributed by atoms with Crippen LogP contribution in [0.3, 0.4) is 0 Å². The summed E-state index contributed by atoms with van der Waals surface area (Å²) in [6.45, 7) is 5.64. The maximum atomic E-state index is 12.4. The first-order chi connectivity index (χ1) is 15.3. The number of nitrogens with zero attached hydrogens (tertiary/aromatic N) is 1. The van der Waals surface area contributed by atoms with Gasteiger partial charge in [-0.3, -0.25) is 14.4 Å². The number of esters is 2. The number of hydrogen-bond acceptors (Lipinski definition) is 6. The molecule has 3 rings (SSSR count). The zero-order valence-corrected chi connectivity index (χ0v) is 18.3. The summed E-state index contributed by atoms with van der Waals surface area (Å²) in [7, 11) is 0. The van der Waals surface area contributed by atoms with E-state index in [0.717, 1.165) is 11.1 Å². The van der Waals surface area contributed by atoms with Gasteiger partial charge in [0.1, 0.15) is 0 Å². The van der Waals surface area contributed by atoms with Crippen molar-refractivity contribution in [3.8, 4) is 0 Å². The highest BCUT2D eigenvalue weighted by atomic mass is 16.5. The fourth-order valence-electron chi connectivity index (χ4n) is 3.38. The van der Waals surface area contributed by atoms with Crippen molar-refractivity contribution in [2.75, 3.05) is 30.0 Å². The van der Waals surface area contributed by atoms with Crippen molar-refractivity contribution in [2.45, 2.75) is 27.2 Å². The molecule has 0 aromatic heterocycles. The number of nitrogens with one attached hydrogen (secondary N) is 1. The number of carbonyl (C=O) groups excluding carboxylic acids is 4. The van der Waals surface area contributed by atoms with Gasteiger partial charge >= 0.3 is 11.9 Å². The first-order valence-corrected chi connectivity index (χ1v) is 10.4. The van der Waals surface area contributed by atoms with E-state index in [-0.39, 0.29) is 25.5 Å². The number of carbonyl (C=O) groups is 4. The predicted octanol–water partition coefficient (Wildman–Crippen LogP) is 3.01. The highest BCUT2D eigenvalue weighted by molar-refractivity contribution is 6.00. The zero-order chi connectivity index (χ0) is 23.3. The summed E-state index contributed by atoms with van der Waals surface area (Å²) in [5.41, 5.74) is 3.74. The Morgan fingerprint density at radius 1 is 1.03 bits per heavy atom. The van der Waals surface area contributed by atoms with E-state index in [2.05, 4.69) is 5.32 Å². The van der Waals surface area contributed by atoms with Crippen molar-refractivity contribution in [1.82, 2.24) is 0 Å². The molecular weight excluding hydrogens is 412 g/mol. The van der Waals surface area contributed by atoms with Crippen LogP contribution in [0.1, 0.15) is 34.8 Å². The molecule has 0 bridgehead atoms. The maximum Gasteiger partial charge on any atom is 0.338 e. The van der Waals surface area contributed by atoms with Crippen LogP contribution in [0.25, 0.3) is 0 Å². The molecule has 1 heterocycles. The lowest BCUT2D eigenvalue weighted by molar-refractivity contribution is -0.151. The first-order valence-electron chi connectivity index (χ1n) is 10.4. The number of rotatable bonds is 7. The molecule has 0 aliphatic carbocycles. The molecule has 2 amide bonds. The van der Waals surface area contributed by atoms with Gasteiger partial charge in [0.2, 0.25) is 5.91 Å². The topological polar surface area (TPSA) is 102 Å². The Hall–Kier alpha value is -3.68. The number of amides is 2. The summed E-state index contributed by atoms with van der Waals surface area (Å²) in [5, 5.41) is 2.69. The molecule has 1 atom stereocenters. The number of aryl methyl sites for hydroxylation is 2. The summed E-state index contributed by atoms with van der Waals surface area (Å²) in [5.74, 6) is -2.37. The van der Waals surface area contributed by atoms with Crippen molar-refractivity contribution < 1.29 is 28.7 Å². The second kappa shape index (κ2) is 10.1. The summed E-state index contributed by atoms with van der Waals surface area (Å²) < 4.78 is 10.1. The van der Waals surface area contributed by atoms with Gasteiger partial charge in [0.25, 0.3) is 5.91 Å². The van der Waals surface area contributed by atoms with Crippen LogP contribution in [-0.2, 0) is 23.9 Å². The van der Waals surface area contributed by atoms with Crippen molar-refractivity contribution in [3.63, 3.8) is 0 Å². The van der Waals surface area contributed by atoms with E-state index in [9.17, 15) is 19.2 Å². The SMILES string of the molecule is CCOC(=O)c1ccc(N2C[C@H](C(=O)OCC(=O)Nc3ccc(C)c(C)c3)CC2=O)cc1. The highest BCUT2D eigenvalue weighted by Gasteiger charge is 2.36. The lowest BCUT2D eigenvalue weighted by Gasteiger charge is -2.17. The molecule has 1 N–H and O–H groups in total. The Bertz CT molecular complexity index is 1030. The Morgan fingerprint density at radius 2 is 1.75 bits per heavy atom. The van der Waals surface area contributed by atoms with Gasteiger partial charge in [-0.15, -0.1) is 0 Å². The van der Waals surface area contributed by atoms with Crippen molar-refractivity contribution in [3.05, 3.63) is 59.2 Å². The van der Waals surface area contributed by atoms with E-state index >= 15 is 0 Å². The van der Waals surface area contributed by atoms with Crippen LogP contribution < -0.4 is 10.2 Å². The number of hydrogen-bond donors (Lipinski definition) is 1. The second-order valence-corrected chi connectivity index (χ2v) is 7.63. The molecule has 2 aromatic carbocycles. The summed E-state index contributed by atoms with van der Waals surface area (Å²) in [6.07, 6.45) is -0.00274. The molecule has 1 aliphatic heterocycles. The summed E-state index contributed by atoms with van der Waals surface area (Å²) >= 11 is 0. The largest absolute Gasteiger partial charge is 0.462 e. The Labute approximate surface area is 186 Å². The third-order valence-corrected chi connectivity index (χ3v) is 5.28. The van der Waals surface area contributed by atoms with Crippen LogP contribution in [0.15, 0.2) is 42.5 Å². The third-order valence-electron chi connectivity index (χ3n) is 5.28. The molecule has 8 nitrogen and oxygen atoms in total. The Balaban J connectivity index is 1.52. The van der Waals surface area contributed by atoms with Crippen LogP contribution in [0.2, 0.25) is 0 Å². The molecule has 1 saturated heterocycles. The van der Waals surface area contributed by atoms with E-state index in [1.54, 1.807) is 37.3 Å². The highest BCUT2D eigenvalue weighted by Crippen LogP contribution is 2.26. The smallest absolute Gasteiger partial charge is 0.338 e. The normalized spacial score (nSPS) is 15.4. The quantitative estimate of drug-likeness (QED) is 0.667. The second-order valence-electron chi connectivity index (χ2n) is 7.63. The molecule has 1 aliphatic rings. The maximum absolute atomic E-state index is 12.4. The molecule has 0 spiro atoms. The van der Waals surface area contributed by atoms with E-state index in [1.165, 1.54) is 4.90 Å². The molecule has 1 fully saturated rings. The van der Waals surface area contributed by atoms with E-state index in [0.29, 0.717) is 16.9 Å². The van der Waals surface area contributed by atoms with Crippen LogP contribution in [0, 0.1) is 19.8 Å². The van der Waals surface area contributed by atoms with Crippen molar-refractivity contribution in [1.29, 1.82) is 0 Å². The number of anilines is 2. The Kier molecular flexibility index (Phi) is 7.25. The van der Waals surface area contributed by atoms with Gasteiger partial charge in [-0.05, 0) is 68.3 Å². The summed E-state index contributed by atoms with van der Waals surface area (Å²) in [6, 6.07) is 11.9. The lowest BCUT2D eigenvalue weighted by Crippen LogP contribution is -2.28.